The van der Waals surface area contributed by atoms with Gasteiger partial charge in [0.2, 0.25) is 0 Å². The van der Waals surface area contributed by atoms with E-state index < -0.39 is 0 Å². The SMILES string of the molecule is Cc1[nH]cnc1CN1C[C@@H]2CC[C@H](C1)N(C(=O)c1ccc(C)n(C)c1=O)C2. The number of hydrogen-bond donors (Lipinski definition) is 1. The van der Waals surface area contributed by atoms with Crippen LogP contribution in [-0.4, -0.2) is 55.9 Å². The molecule has 0 saturated carbocycles. The van der Waals surface area contributed by atoms with E-state index in [9.17, 15) is 9.59 Å². The zero-order chi connectivity index (χ0) is 19.1. The van der Waals surface area contributed by atoms with Crippen molar-refractivity contribution in [1.29, 1.82) is 0 Å². The molecule has 3 fully saturated rings. The fourth-order valence-corrected chi connectivity index (χ4v) is 4.36. The van der Waals surface area contributed by atoms with Gasteiger partial charge in [-0.1, -0.05) is 0 Å². The van der Waals surface area contributed by atoms with Gasteiger partial charge in [-0.15, -0.1) is 0 Å². The van der Waals surface area contributed by atoms with Crippen LogP contribution >= 0.6 is 0 Å². The summed E-state index contributed by atoms with van der Waals surface area (Å²) < 4.78 is 1.55. The topological polar surface area (TPSA) is 74.2 Å². The van der Waals surface area contributed by atoms with Gasteiger partial charge in [0.05, 0.1) is 12.0 Å². The van der Waals surface area contributed by atoms with Crippen LogP contribution in [0, 0.1) is 19.8 Å². The zero-order valence-corrected chi connectivity index (χ0v) is 16.2. The summed E-state index contributed by atoms with van der Waals surface area (Å²) in [5, 5.41) is 0. The van der Waals surface area contributed by atoms with Crippen molar-refractivity contribution in [3.8, 4) is 0 Å². The number of imidazole rings is 1. The molecule has 144 valence electrons. The van der Waals surface area contributed by atoms with Crippen molar-refractivity contribution in [2.24, 2.45) is 13.0 Å². The van der Waals surface area contributed by atoms with Gasteiger partial charge in [0.1, 0.15) is 5.56 Å². The van der Waals surface area contributed by atoms with Crippen molar-refractivity contribution in [1.82, 2.24) is 24.3 Å². The molecule has 7 heteroatoms. The molecule has 0 spiro atoms. The molecule has 3 aliphatic heterocycles. The molecule has 0 aromatic carbocycles. The first kappa shape index (κ1) is 18.0. The molecule has 3 aliphatic rings. The highest BCUT2D eigenvalue weighted by molar-refractivity contribution is 5.94. The predicted octanol–water partition coefficient (Wildman–Crippen LogP) is 1.46. The summed E-state index contributed by atoms with van der Waals surface area (Å²) in [5.74, 6) is 0.323. The van der Waals surface area contributed by atoms with E-state index in [-0.39, 0.29) is 23.1 Å². The minimum absolute atomic E-state index is 0.122. The molecule has 0 unspecified atom stereocenters. The van der Waals surface area contributed by atoms with Crippen LogP contribution in [0.15, 0.2) is 23.3 Å². The number of aryl methyl sites for hydroxylation is 2. The van der Waals surface area contributed by atoms with Crippen LogP contribution in [-0.2, 0) is 13.6 Å². The van der Waals surface area contributed by atoms with Crippen molar-refractivity contribution in [2.45, 2.75) is 39.3 Å². The third-order valence-electron chi connectivity index (χ3n) is 6.14. The maximum Gasteiger partial charge on any atom is 0.263 e. The van der Waals surface area contributed by atoms with Crippen LogP contribution in [0.1, 0.15) is 40.3 Å². The largest absolute Gasteiger partial charge is 0.348 e. The number of carbonyl (C=O) groups excluding carboxylic acids is 1. The Bertz CT molecular complexity index is 915. The molecule has 1 amide bonds. The number of pyridine rings is 1. The standard InChI is InChI=1S/C20H27N5O2/c1-13-4-7-17(19(26)23(13)3)20(27)25-9-15-5-6-16(25)10-24(8-15)11-18-14(2)21-12-22-18/h4,7,12,15-16H,5-6,8-11H2,1-3H3,(H,21,22)/t15-,16+/m0/s1. The molecular weight excluding hydrogens is 342 g/mol. The third kappa shape index (κ3) is 3.32. The third-order valence-corrected chi connectivity index (χ3v) is 6.14. The van der Waals surface area contributed by atoms with Gasteiger partial charge >= 0.3 is 0 Å². The fourth-order valence-electron chi connectivity index (χ4n) is 4.36. The minimum atomic E-state index is -0.205. The number of H-pyrrole nitrogens is 1. The summed E-state index contributed by atoms with van der Waals surface area (Å²) in [6, 6.07) is 3.68. The van der Waals surface area contributed by atoms with Gasteiger partial charge in [-0.2, -0.15) is 0 Å². The molecule has 2 aromatic rings. The van der Waals surface area contributed by atoms with Crippen LogP contribution in [0.4, 0.5) is 0 Å². The predicted molar refractivity (Wildman–Crippen MR) is 103 cm³/mol. The Morgan fingerprint density at radius 2 is 2.04 bits per heavy atom. The Balaban J connectivity index is 1.56. The second-order valence-electron chi connectivity index (χ2n) is 7.98. The van der Waals surface area contributed by atoms with Crippen molar-refractivity contribution in [3.05, 3.63) is 51.5 Å². The van der Waals surface area contributed by atoms with Crippen LogP contribution in [0.5, 0.6) is 0 Å². The van der Waals surface area contributed by atoms with Gasteiger partial charge in [0.25, 0.3) is 11.5 Å². The summed E-state index contributed by atoms with van der Waals surface area (Å²) in [6.07, 6.45) is 3.87. The van der Waals surface area contributed by atoms with E-state index in [2.05, 4.69) is 14.9 Å². The molecular formula is C20H27N5O2. The average molecular weight is 369 g/mol. The first-order valence-electron chi connectivity index (χ1n) is 9.63. The second kappa shape index (κ2) is 6.96. The van der Waals surface area contributed by atoms with Crippen LogP contribution < -0.4 is 5.56 Å². The number of nitrogens with one attached hydrogen (secondary N) is 1. The Kier molecular flexibility index (Phi) is 4.63. The molecule has 3 saturated heterocycles. The van der Waals surface area contributed by atoms with Gasteiger partial charge in [-0.05, 0) is 44.7 Å². The lowest BCUT2D eigenvalue weighted by Gasteiger charge is -2.36. The molecule has 5 rings (SSSR count). The summed E-state index contributed by atoms with van der Waals surface area (Å²) >= 11 is 0. The van der Waals surface area contributed by atoms with Crippen molar-refractivity contribution >= 4 is 5.91 Å². The van der Waals surface area contributed by atoms with Crippen LogP contribution in [0.3, 0.4) is 0 Å². The number of piperidine rings is 1. The molecule has 5 heterocycles. The second-order valence-corrected chi connectivity index (χ2v) is 7.98. The monoisotopic (exact) mass is 369 g/mol. The first-order valence-corrected chi connectivity index (χ1v) is 9.63. The van der Waals surface area contributed by atoms with E-state index in [1.54, 1.807) is 24.0 Å². The Morgan fingerprint density at radius 1 is 1.22 bits per heavy atom. The summed E-state index contributed by atoms with van der Waals surface area (Å²) in [6.45, 7) is 7.25. The molecule has 7 nitrogen and oxygen atoms in total. The zero-order valence-electron chi connectivity index (χ0n) is 16.2. The van der Waals surface area contributed by atoms with Crippen LogP contribution in [0.2, 0.25) is 0 Å². The molecule has 2 bridgehead atoms. The maximum atomic E-state index is 13.2. The average Bonchev–Trinajstić information content (AvgIpc) is 2.86. The molecule has 0 radical (unpaired) electrons. The number of amides is 1. The van der Waals surface area contributed by atoms with E-state index >= 15 is 0 Å². The highest BCUT2D eigenvalue weighted by Crippen LogP contribution is 2.29. The highest BCUT2D eigenvalue weighted by Gasteiger charge is 2.38. The fraction of sp³-hybridized carbons (Fsp3) is 0.550. The number of hydrogen-bond acceptors (Lipinski definition) is 4. The first-order chi connectivity index (χ1) is 12.9. The quantitative estimate of drug-likeness (QED) is 0.889. The molecule has 2 atom stereocenters. The lowest BCUT2D eigenvalue weighted by atomic mass is 9.94. The van der Waals surface area contributed by atoms with Crippen LogP contribution in [0.25, 0.3) is 0 Å². The lowest BCUT2D eigenvalue weighted by molar-refractivity contribution is 0.0582. The Hall–Kier alpha value is -2.41. The van der Waals surface area contributed by atoms with Gasteiger partial charge in [0, 0.05) is 50.7 Å². The number of rotatable bonds is 3. The number of nitrogens with zero attached hydrogens (tertiary/aromatic N) is 4. The number of fused-ring (bicyclic) bond motifs is 4. The van der Waals surface area contributed by atoms with Crippen molar-refractivity contribution < 1.29 is 4.79 Å². The summed E-state index contributed by atoms with van der Waals surface area (Å²) in [4.78, 5) is 37.7. The van der Waals surface area contributed by atoms with E-state index in [0.717, 1.165) is 56.1 Å². The normalized spacial score (nSPS) is 22.9. The van der Waals surface area contributed by atoms with Gasteiger partial charge < -0.3 is 14.5 Å². The number of aromatic nitrogens is 3. The van der Waals surface area contributed by atoms with E-state index in [1.807, 2.05) is 24.8 Å². The van der Waals surface area contributed by atoms with E-state index in [0.29, 0.717) is 5.92 Å². The molecule has 2 aromatic heterocycles. The molecule has 27 heavy (non-hydrogen) atoms. The van der Waals surface area contributed by atoms with Gasteiger partial charge in [-0.3, -0.25) is 14.5 Å². The molecule has 0 aliphatic carbocycles. The Labute approximate surface area is 159 Å². The molecule has 1 N–H and O–H groups in total. The minimum Gasteiger partial charge on any atom is -0.348 e. The van der Waals surface area contributed by atoms with Gasteiger partial charge in [-0.25, -0.2) is 4.98 Å². The van der Waals surface area contributed by atoms with E-state index in [1.165, 1.54) is 0 Å². The summed E-state index contributed by atoms with van der Waals surface area (Å²) in [7, 11) is 1.72. The maximum absolute atomic E-state index is 13.2. The summed E-state index contributed by atoms with van der Waals surface area (Å²) in [5.41, 5.74) is 3.10. The number of carbonyl (C=O) groups is 1. The van der Waals surface area contributed by atoms with Crippen molar-refractivity contribution in [2.75, 3.05) is 19.6 Å². The smallest absolute Gasteiger partial charge is 0.263 e. The van der Waals surface area contributed by atoms with E-state index in [4.69, 9.17) is 0 Å². The number of aromatic amines is 1. The Morgan fingerprint density at radius 3 is 2.78 bits per heavy atom. The van der Waals surface area contributed by atoms with Crippen molar-refractivity contribution in [3.63, 3.8) is 0 Å². The lowest BCUT2D eigenvalue weighted by Crippen LogP contribution is -2.49. The highest BCUT2D eigenvalue weighted by atomic mass is 16.2. The van der Waals surface area contributed by atoms with Gasteiger partial charge in [0.15, 0.2) is 0 Å².